The van der Waals surface area contributed by atoms with E-state index in [0.717, 1.165) is 17.8 Å². The molecule has 78 valence electrons. The lowest BCUT2D eigenvalue weighted by Gasteiger charge is -2.11. The van der Waals surface area contributed by atoms with Crippen LogP contribution in [-0.4, -0.2) is 9.55 Å². The Morgan fingerprint density at radius 1 is 1.43 bits per heavy atom. The van der Waals surface area contributed by atoms with Crippen molar-refractivity contribution in [1.29, 1.82) is 0 Å². The third-order valence-electron chi connectivity index (χ3n) is 2.41. The van der Waals surface area contributed by atoms with Gasteiger partial charge in [-0.1, -0.05) is 20.8 Å². The third kappa shape index (κ3) is 1.86. The molecule has 0 amide bonds. The van der Waals surface area contributed by atoms with Crippen LogP contribution in [0.4, 0.5) is 0 Å². The molecule has 0 bridgehead atoms. The van der Waals surface area contributed by atoms with Gasteiger partial charge in [-0.2, -0.15) is 0 Å². The fourth-order valence-corrected chi connectivity index (χ4v) is 1.55. The topological polar surface area (TPSA) is 34.9 Å². The number of aryl methyl sites for hydroxylation is 1. The Morgan fingerprint density at radius 3 is 2.50 bits per heavy atom. The standard InChI is InChI=1S/C11H18N2O/c1-5-10-12-7-9(8(3)4)11(14)13(10)6-2/h7-8H,5-6H2,1-4H3. The van der Waals surface area contributed by atoms with Gasteiger partial charge in [0.15, 0.2) is 0 Å². The highest BCUT2D eigenvalue weighted by atomic mass is 16.1. The number of hydrogen-bond acceptors (Lipinski definition) is 2. The normalized spacial score (nSPS) is 10.9. The van der Waals surface area contributed by atoms with E-state index < -0.39 is 0 Å². The fraction of sp³-hybridized carbons (Fsp3) is 0.636. The van der Waals surface area contributed by atoms with Crippen molar-refractivity contribution in [3.8, 4) is 0 Å². The van der Waals surface area contributed by atoms with Gasteiger partial charge < -0.3 is 0 Å². The van der Waals surface area contributed by atoms with Crippen LogP contribution >= 0.6 is 0 Å². The van der Waals surface area contributed by atoms with Gasteiger partial charge in [0.05, 0.1) is 0 Å². The van der Waals surface area contributed by atoms with Crippen LogP contribution in [0.15, 0.2) is 11.0 Å². The predicted molar refractivity (Wildman–Crippen MR) is 57.6 cm³/mol. The Morgan fingerprint density at radius 2 is 2.07 bits per heavy atom. The minimum Gasteiger partial charge on any atom is -0.297 e. The molecule has 0 N–H and O–H groups in total. The second-order valence-electron chi connectivity index (χ2n) is 3.69. The van der Waals surface area contributed by atoms with Crippen molar-refractivity contribution in [3.63, 3.8) is 0 Å². The van der Waals surface area contributed by atoms with Crippen LogP contribution in [0.2, 0.25) is 0 Å². The summed E-state index contributed by atoms with van der Waals surface area (Å²) in [7, 11) is 0. The van der Waals surface area contributed by atoms with Crippen molar-refractivity contribution < 1.29 is 0 Å². The molecule has 0 aliphatic heterocycles. The summed E-state index contributed by atoms with van der Waals surface area (Å²) in [6, 6.07) is 0. The molecule has 0 aromatic carbocycles. The third-order valence-corrected chi connectivity index (χ3v) is 2.41. The van der Waals surface area contributed by atoms with E-state index in [0.29, 0.717) is 6.54 Å². The second-order valence-corrected chi connectivity index (χ2v) is 3.69. The smallest absolute Gasteiger partial charge is 0.256 e. The molecule has 0 atom stereocenters. The SMILES string of the molecule is CCc1ncc(C(C)C)c(=O)n1CC. The first-order chi connectivity index (χ1) is 6.61. The molecule has 0 fully saturated rings. The monoisotopic (exact) mass is 194 g/mol. The lowest BCUT2D eigenvalue weighted by molar-refractivity contribution is 0.632. The molecule has 0 radical (unpaired) electrons. The predicted octanol–water partition coefficient (Wildman–Crippen LogP) is 1.95. The Balaban J connectivity index is 3.35. The summed E-state index contributed by atoms with van der Waals surface area (Å²) in [6.45, 7) is 8.74. The van der Waals surface area contributed by atoms with Gasteiger partial charge in [0.2, 0.25) is 0 Å². The van der Waals surface area contributed by atoms with Gasteiger partial charge in [-0.25, -0.2) is 4.98 Å². The molecule has 1 heterocycles. The Kier molecular flexibility index (Phi) is 3.44. The maximum Gasteiger partial charge on any atom is 0.256 e. The molecular weight excluding hydrogens is 176 g/mol. The van der Waals surface area contributed by atoms with Crippen LogP contribution in [0.1, 0.15) is 45.0 Å². The van der Waals surface area contributed by atoms with Gasteiger partial charge in [-0.3, -0.25) is 9.36 Å². The summed E-state index contributed by atoms with van der Waals surface area (Å²) < 4.78 is 1.76. The lowest BCUT2D eigenvalue weighted by atomic mass is 10.1. The molecule has 0 saturated carbocycles. The molecule has 1 aromatic rings. The van der Waals surface area contributed by atoms with Crippen molar-refractivity contribution in [3.05, 3.63) is 27.9 Å². The zero-order valence-corrected chi connectivity index (χ0v) is 9.37. The number of rotatable bonds is 3. The molecule has 0 spiro atoms. The van der Waals surface area contributed by atoms with E-state index >= 15 is 0 Å². The maximum atomic E-state index is 11.9. The minimum atomic E-state index is 0.120. The number of aromatic nitrogens is 2. The average molecular weight is 194 g/mol. The van der Waals surface area contributed by atoms with E-state index in [1.165, 1.54) is 0 Å². The van der Waals surface area contributed by atoms with E-state index in [9.17, 15) is 4.79 Å². The van der Waals surface area contributed by atoms with E-state index in [1.54, 1.807) is 10.8 Å². The van der Waals surface area contributed by atoms with Crippen LogP contribution in [0.3, 0.4) is 0 Å². The van der Waals surface area contributed by atoms with Crippen molar-refractivity contribution in [2.75, 3.05) is 0 Å². The number of nitrogens with zero attached hydrogens (tertiary/aromatic N) is 2. The van der Waals surface area contributed by atoms with Crippen molar-refractivity contribution >= 4 is 0 Å². The molecule has 0 saturated heterocycles. The first-order valence-electron chi connectivity index (χ1n) is 5.20. The summed E-state index contributed by atoms with van der Waals surface area (Å²) in [5.41, 5.74) is 0.929. The molecule has 0 aliphatic carbocycles. The molecular formula is C11H18N2O. The average Bonchev–Trinajstić information content (AvgIpc) is 2.16. The van der Waals surface area contributed by atoms with E-state index in [1.807, 2.05) is 27.7 Å². The van der Waals surface area contributed by atoms with E-state index in [4.69, 9.17) is 0 Å². The molecule has 14 heavy (non-hydrogen) atoms. The van der Waals surface area contributed by atoms with Crippen LogP contribution in [0, 0.1) is 0 Å². The van der Waals surface area contributed by atoms with Crippen LogP contribution < -0.4 is 5.56 Å². The van der Waals surface area contributed by atoms with Gasteiger partial charge in [0.25, 0.3) is 5.56 Å². The molecule has 0 aliphatic rings. The summed E-state index contributed by atoms with van der Waals surface area (Å²) >= 11 is 0. The van der Waals surface area contributed by atoms with Crippen LogP contribution in [0.5, 0.6) is 0 Å². The summed E-state index contributed by atoms with van der Waals surface area (Å²) in [6.07, 6.45) is 2.53. The highest BCUT2D eigenvalue weighted by molar-refractivity contribution is 5.11. The Bertz CT molecular complexity index is 366. The van der Waals surface area contributed by atoms with E-state index in [2.05, 4.69) is 4.98 Å². The zero-order valence-electron chi connectivity index (χ0n) is 9.37. The van der Waals surface area contributed by atoms with Gasteiger partial charge >= 0.3 is 0 Å². The van der Waals surface area contributed by atoms with Gasteiger partial charge in [-0.05, 0) is 12.8 Å². The minimum absolute atomic E-state index is 0.120. The number of hydrogen-bond donors (Lipinski definition) is 0. The van der Waals surface area contributed by atoms with Gasteiger partial charge in [0, 0.05) is 24.7 Å². The summed E-state index contributed by atoms with van der Waals surface area (Å²) in [4.78, 5) is 16.3. The van der Waals surface area contributed by atoms with Gasteiger partial charge in [-0.15, -0.1) is 0 Å². The quantitative estimate of drug-likeness (QED) is 0.737. The summed E-state index contributed by atoms with van der Waals surface area (Å²) in [5.74, 6) is 1.13. The zero-order chi connectivity index (χ0) is 10.7. The maximum absolute atomic E-state index is 11.9. The van der Waals surface area contributed by atoms with Crippen LogP contribution in [-0.2, 0) is 13.0 Å². The second kappa shape index (κ2) is 4.40. The van der Waals surface area contributed by atoms with Gasteiger partial charge in [0.1, 0.15) is 5.82 Å². The largest absolute Gasteiger partial charge is 0.297 e. The van der Waals surface area contributed by atoms with Crippen LogP contribution in [0.25, 0.3) is 0 Å². The summed E-state index contributed by atoms with van der Waals surface area (Å²) in [5, 5.41) is 0. The highest BCUT2D eigenvalue weighted by Gasteiger charge is 2.10. The Labute approximate surface area is 84.8 Å². The van der Waals surface area contributed by atoms with Crippen molar-refractivity contribution in [2.24, 2.45) is 0 Å². The first kappa shape index (κ1) is 11.0. The molecule has 0 unspecified atom stereocenters. The Hall–Kier alpha value is -1.12. The molecule has 3 nitrogen and oxygen atoms in total. The highest BCUT2D eigenvalue weighted by Crippen LogP contribution is 2.08. The van der Waals surface area contributed by atoms with Crippen molar-refractivity contribution in [2.45, 2.75) is 46.6 Å². The molecule has 1 rings (SSSR count). The lowest BCUT2D eigenvalue weighted by Crippen LogP contribution is -2.27. The molecule has 1 aromatic heterocycles. The molecule has 3 heteroatoms. The van der Waals surface area contributed by atoms with E-state index in [-0.39, 0.29) is 11.5 Å². The first-order valence-corrected chi connectivity index (χ1v) is 5.20. The fourth-order valence-electron chi connectivity index (χ4n) is 1.55. The van der Waals surface area contributed by atoms with Crippen molar-refractivity contribution in [1.82, 2.24) is 9.55 Å².